The molecule has 0 bridgehead atoms. The lowest BCUT2D eigenvalue weighted by molar-refractivity contribution is -0.404. The molecule has 0 fully saturated rings. The molecule has 0 radical (unpaired) electrons. The van der Waals surface area contributed by atoms with Crippen LogP contribution in [0.2, 0.25) is 4.47 Å². The van der Waals surface area contributed by atoms with E-state index in [4.69, 9.17) is 11.6 Å². The van der Waals surface area contributed by atoms with Crippen molar-refractivity contribution in [2.24, 2.45) is 4.99 Å². The Morgan fingerprint density at radius 3 is 2.79 bits per heavy atom. The second kappa shape index (κ2) is 7.05. The van der Waals surface area contributed by atoms with Gasteiger partial charge in [-0.3, -0.25) is 10.1 Å². The molecule has 1 heterocycles. The fourth-order valence-electron chi connectivity index (χ4n) is 1.17. The third-order valence-corrected chi connectivity index (χ3v) is 3.05. The van der Waals surface area contributed by atoms with Crippen LogP contribution in [0.4, 0.5) is 0 Å². The number of halogens is 1. The van der Waals surface area contributed by atoms with Crippen molar-refractivity contribution in [1.82, 2.24) is 14.8 Å². The van der Waals surface area contributed by atoms with E-state index in [1.165, 1.54) is 17.7 Å². The monoisotopic (exact) mass is 303 g/mol. The van der Waals surface area contributed by atoms with Gasteiger partial charge in [-0.05, 0) is 0 Å². The number of nitrogens with zero attached hydrogens (tertiary/aromatic N) is 5. The lowest BCUT2D eigenvalue weighted by Crippen LogP contribution is -2.18. The summed E-state index contributed by atoms with van der Waals surface area (Å²) in [4.78, 5) is 22.3. The summed E-state index contributed by atoms with van der Waals surface area (Å²) in [5.74, 6) is 0.253. The second-order valence-corrected chi connectivity index (χ2v) is 5.61. The van der Waals surface area contributed by atoms with Crippen LogP contribution in [0.1, 0.15) is 4.88 Å². The predicted octanol–water partition coefficient (Wildman–Crippen LogP) is 1.89. The Balaban J connectivity index is 2.82. The molecule has 0 spiro atoms. The molecule has 0 aromatic carbocycles. The minimum Gasteiger partial charge on any atom is -0.369 e. The van der Waals surface area contributed by atoms with Crippen LogP contribution in [0, 0.1) is 10.1 Å². The number of aromatic nitrogens is 1. The van der Waals surface area contributed by atoms with Crippen LogP contribution >= 0.6 is 22.9 Å². The Morgan fingerprint density at radius 1 is 1.63 bits per heavy atom. The minimum atomic E-state index is -0.529. The number of aliphatic imine (C=N–C) groups is 1. The average Bonchev–Trinajstić information content (AvgIpc) is 2.69. The first-order valence-electron chi connectivity index (χ1n) is 5.25. The summed E-state index contributed by atoms with van der Waals surface area (Å²) in [5, 5.41) is 10.6. The maximum Gasteiger partial charge on any atom is 0.276 e. The SMILES string of the molecule is CN(C)/C=N/C(=C\[N+](=O)[O-])N(C)Cc1cnc(Cl)s1. The molecule has 1 rings (SSSR count). The predicted molar refractivity (Wildman–Crippen MR) is 75.8 cm³/mol. The number of hydrogen-bond donors (Lipinski definition) is 0. The zero-order chi connectivity index (χ0) is 14.4. The van der Waals surface area contributed by atoms with Crippen LogP contribution in [-0.2, 0) is 6.54 Å². The van der Waals surface area contributed by atoms with Gasteiger partial charge < -0.3 is 9.80 Å². The molecule has 1 aromatic heterocycles. The van der Waals surface area contributed by atoms with Crippen molar-refractivity contribution in [3.8, 4) is 0 Å². The van der Waals surface area contributed by atoms with Gasteiger partial charge in [0, 0.05) is 32.2 Å². The van der Waals surface area contributed by atoms with Gasteiger partial charge >= 0.3 is 0 Å². The number of hydrogen-bond acceptors (Lipinski definition) is 6. The normalized spacial score (nSPS) is 11.9. The summed E-state index contributed by atoms with van der Waals surface area (Å²) in [6.07, 6.45) is 4.01. The van der Waals surface area contributed by atoms with E-state index >= 15 is 0 Å². The zero-order valence-electron chi connectivity index (χ0n) is 10.8. The lowest BCUT2D eigenvalue weighted by atomic mass is 10.5. The summed E-state index contributed by atoms with van der Waals surface area (Å²) in [7, 11) is 5.29. The quantitative estimate of drug-likeness (QED) is 0.347. The molecule has 0 aliphatic rings. The standard InChI is InChI=1S/C10H14ClN5O2S/c1-14(2)7-13-9(6-16(17)18)15(3)5-8-4-12-10(11)19-8/h4,6-7H,5H2,1-3H3/b9-6+,13-7+. The van der Waals surface area contributed by atoms with E-state index in [0.717, 1.165) is 11.1 Å². The van der Waals surface area contributed by atoms with Gasteiger partial charge in [0.05, 0.1) is 17.8 Å². The summed E-state index contributed by atoms with van der Waals surface area (Å²) in [6, 6.07) is 0. The van der Waals surface area contributed by atoms with Crippen molar-refractivity contribution in [3.05, 3.63) is 37.7 Å². The van der Waals surface area contributed by atoms with Crippen molar-refractivity contribution in [3.63, 3.8) is 0 Å². The van der Waals surface area contributed by atoms with E-state index in [1.807, 2.05) is 0 Å². The Kier molecular flexibility index (Phi) is 5.71. The largest absolute Gasteiger partial charge is 0.369 e. The van der Waals surface area contributed by atoms with Gasteiger partial charge in [-0.25, -0.2) is 9.98 Å². The molecule has 7 nitrogen and oxygen atoms in total. The fraction of sp³-hybridized carbons (Fsp3) is 0.400. The molecule has 0 aliphatic heterocycles. The molecule has 0 aliphatic carbocycles. The van der Waals surface area contributed by atoms with E-state index in [1.54, 1.807) is 37.1 Å². The Hall–Kier alpha value is -1.67. The van der Waals surface area contributed by atoms with Gasteiger partial charge in [-0.15, -0.1) is 11.3 Å². The highest BCUT2D eigenvalue weighted by molar-refractivity contribution is 7.15. The van der Waals surface area contributed by atoms with E-state index in [0.29, 0.717) is 11.0 Å². The van der Waals surface area contributed by atoms with Gasteiger partial charge in [0.15, 0.2) is 4.47 Å². The highest BCUT2D eigenvalue weighted by Crippen LogP contribution is 2.20. The van der Waals surface area contributed by atoms with E-state index in [-0.39, 0.29) is 5.82 Å². The topological polar surface area (TPSA) is 74.9 Å². The molecule has 19 heavy (non-hydrogen) atoms. The van der Waals surface area contributed by atoms with Gasteiger partial charge in [0.25, 0.3) is 6.20 Å². The highest BCUT2D eigenvalue weighted by atomic mass is 35.5. The van der Waals surface area contributed by atoms with Crippen LogP contribution < -0.4 is 0 Å². The molecule has 0 saturated heterocycles. The van der Waals surface area contributed by atoms with Crippen LogP contribution in [0.25, 0.3) is 0 Å². The molecule has 0 atom stereocenters. The van der Waals surface area contributed by atoms with Gasteiger partial charge in [0.1, 0.15) is 0 Å². The first-order valence-corrected chi connectivity index (χ1v) is 6.45. The Labute approximate surface area is 120 Å². The molecule has 9 heteroatoms. The van der Waals surface area contributed by atoms with Crippen LogP contribution in [0.3, 0.4) is 0 Å². The summed E-state index contributed by atoms with van der Waals surface area (Å²) >= 11 is 7.07. The minimum absolute atomic E-state index is 0.253. The molecule has 0 N–H and O–H groups in total. The summed E-state index contributed by atoms with van der Waals surface area (Å²) in [6.45, 7) is 0.453. The summed E-state index contributed by atoms with van der Waals surface area (Å²) in [5.41, 5.74) is 0. The summed E-state index contributed by atoms with van der Waals surface area (Å²) < 4.78 is 0.444. The van der Waals surface area contributed by atoms with Crippen molar-refractivity contribution in [2.75, 3.05) is 21.1 Å². The lowest BCUT2D eigenvalue weighted by Gasteiger charge is -2.16. The first kappa shape index (κ1) is 15.4. The van der Waals surface area contributed by atoms with Crippen LogP contribution in [-0.4, -0.2) is 47.2 Å². The molecular weight excluding hydrogens is 290 g/mol. The van der Waals surface area contributed by atoms with Crippen molar-refractivity contribution in [1.29, 1.82) is 0 Å². The number of thiazole rings is 1. The van der Waals surface area contributed by atoms with Crippen molar-refractivity contribution >= 4 is 29.3 Å². The zero-order valence-corrected chi connectivity index (χ0v) is 12.4. The Morgan fingerprint density at radius 2 is 2.32 bits per heavy atom. The van der Waals surface area contributed by atoms with E-state index in [9.17, 15) is 10.1 Å². The van der Waals surface area contributed by atoms with Gasteiger partial charge in [-0.1, -0.05) is 11.6 Å². The fourth-order valence-corrected chi connectivity index (χ4v) is 2.20. The second-order valence-electron chi connectivity index (χ2n) is 3.92. The molecule has 0 amide bonds. The smallest absolute Gasteiger partial charge is 0.276 e. The van der Waals surface area contributed by atoms with Crippen molar-refractivity contribution in [2.45, 2.75) is 6.54 Å². The maximum absolute atomic E-state index is 10.6. The first-order chi connectivity index (χ1) is 8.88. The van der Waals surface area contributed by atoms with E-state index in [2.05, 4.69) is 9.98 Å². The third kappa shape index (κ3) is 5.66. The third-order valence-electron chi connectivity index (χ3n) is 1.95. The van der Waals surface area contributed by atoms with Crippen LogP contribution in [0.15, 0.2) is 23.2 Å². The van der Waals surface area contributed by atoms with Crippen molar-refractivity contribution < 1.29 is 4.92 Å². The maximum atomic E-state index is 10.6. The Bertz CT molecular complexity index is 500. The average molecular weight is 304 g/mol. The molecule has 1 aromatic rings. The number of nitro groups is 1. The van der Waals surface area contributed by atoms with Crippen LogP contribution in [0.5, 0.6) is 0 Å². The van der Waals surface area contributed by atoms with Gasteiger partial charge in [-0.2, -0.15) is 0 Å². The number of rotatable bonds is 6. The molecule has 0 unspecified atom stereocenters. The molecule has 104 valence electrons. The molecular formula is C10H14ClN5O2S. The molecule has 0 saturated carbocycles. The van der Waals surface area contributed by atoms with Gasteiger partial charge in [0.2, 0.25) is 5.82 Å². The van der Waals surface area contributed by atoms with E-state index < -0.39 is 4.92 Å². The highest BCUT2D eigenvalue weighted by Gasteiger charge is 2.10.